The summed E-state index contributed by atoms with van der Waals surface area (Å²) >= 11 is 24.6. The maximum Gasteiger partial charge on any atom is 0.259 e. The summed E-state index contributed by atoms with van der Waals surface area (Å²) in [6.45, 7) is 3.18. The van der Waals surface area contributed by atoms with Gasteiger partial charge in [0.15, 0.2) is 0 Å². The number of nitrogens with two attached hydrogens (primary N) is 1. The Morgan fingerprint density at radius 2 is 1.15 bits per heavy atom. The number of hydrogen-bond donors (Lipinski definition) is 5. The summed E-state index contributed by atoms with van der Waals surface area (Å²) in [5.74, 6) is 0.132. The molecule has 2 aliphatic rings. The highest BCUT2D eigenvalue weighted by atomic mass is 35.5. The molecular formula is C39H41Cl4N5O5. The van der Waals surface area contributed by atoms with Gasteiger partial charge in [-0.2, -0.15) is 0 Å². The molecule has 0 bridgehead atoms. The molecule has 4 aromatic rings. The van der Waals surface area contributed by atoms with Gasteiger partial charge in [0.2, 0.25) is 5.91 Å². The number of benzene rings is 4. The molecule has 0 radical (unpaired) electrons. The lowest BCUT2D eigenvalue weighted by molar-refractivity contribution is -0.114. The average molecular weight is 802 g/mol. The average Bonchev–Trinajstić information content (AvgIpc) is 3.13. The highest BCUT2D eigenvalue weighted by Gasteiger charge is 2.22. The summed E-state index contributed by atoms with van der Waals surface area (Å²) in [5, 5.41) is 13.1. The van der Waals surface area contributed by atoms with Crippen LogP contribution in [0.25, 0.3) is 0 Å². The maximum absolute atomic E-state index is 12.9. The van der Waals surface area contributed by atoms with Gasteiger partial charge in [0, 0.05) is 28.3 Å². The minimum absolute atomic E-state index is 0.0505. The Balaban J connectivity index is 0.000000206. The van der Waals surface area contributed by atoms with Crippen LogP contribution in [-0.2, 0) is 4.79 Å². The summed E-state index contributed by atoms with van der Waals surface area (Å²) in [6, 6.07) is 19.9. The Kier molecular flexibility index (Phi) is 14.5. The molecule has 0 spiro atoms. The molecule has 3 amide bonds. The monoisotopic (exact) mass is 799 g/mol. The third-order valence-electron chi connectivity index (χ3n) is 8.58. The fraction of sp³-hybridized carbons (Fsp3) is 0.308. The summed E-state index contributed by atoms with van der Waals surface area (Å²) < 4.78 is 12.1. The first kappa shape index (κ1) is 40.0. The normalized spacial score (nSPS) is 14.7. The van der Waals surface area contributed by atoms with Gasteiger partial charge in [-0.25, -0.2) is 0 Å². The molecule has 1 aliphatic heterocycles. The molecule has 1 saturated carbocycles. The van der Waals surface area contributed by atoms with Gasteiger partial charge in [-0.05, 0) is 124 Å². The van der Waals surface area contributed by atoms with Crippen LogP contribution in [0, 0.1) is 0 Å². The van der Waals surface area contributed by atoms with Gasteiger partial charge in [-0.3, -0.25) is 14.4 Å². The van der Waals surface area contributed by atoms with Crippen LogP contribution in [0.5, 0.6) is 11.5 Å². The Bertz CT molecular complexity index is 1930. The highest BCUT2D eigenvalue weighted by Crippen LogP contribution is 2.32. The molecule has 1 heterocycles. The summed E-state index contributed by atoms with van der Waals surface area (Å²) in [7, 11) is 0. The number of nitrogen functional groups attached to an aromatic ring is 1. The quantitative estimate of drug-likeness (QED) is 0.106. The van der Waals surface area contributed by atoms with Gasteiger partial charge in [-0.15, -0.1) is 0 Å². The lowest BCUT2D eigenvalue weighted by Gasteiger charge is -2.25. The van der Waals surface area contributed by atoms with E-state index < -0.39 is 0 Å². The molecule has 53 heavy (non-hydrogen) atoms. The van der Waals surface area contributed by atoms with E-state index in [2.05, 4.69) is 21.3 Å². The van der Waals surface area contributed by atoms with Crippen molar-refractivity contribution in [2.24, 2.45) is 0 Å². The van der Waals surface area contributed by atoms with Crippen LogP contribution in [0.3, 0.4) is 0 Å². The van der Waals surface area contributed by atoms with E-state index in [-0.39, 0.29) is 29.9 Å². The van der Waals surface area contributed by atoms with E-state index in [1.165, 1.54) is 13.3 Å². The van der Waals surface area contributed by atoms with Crippen LogP contribution in [0.2, 0.25) is 20.1 Å². The van der Waals surface area contributed by atoms with Gasteiger partial charge < -0.3 is 36.5 Å². The summed E-state index contributed by atoms with van der Waals surface area (Å²) in [6.07, 6.45) is 7.50. The fourth-order valence-corrected chi connectivity index (χ4v) is 6.74. The molecule has 0 atom stereocenters. The van der Waals surface area contributed by atoms with Crippen molar-refractivity contribution < 1.29 is 23.9 Å². The predicted octanol–water partition coefficient (Wildman–Crippen LogP) is 9.87. The topological polar surface area (TPSA) is 144 Å². The van der Waals surface area contributed by atoms with E-state index in [9.17, 15) is 14.4 Å². The lowest BCUT2D eigenvalue weighted by atomic mass is 9.97. The van der Waals surface area contributed by atoms with E-state index in [0.29, 0.717) is 65.5 Å². The fourth-order valence-electron chi connectivity index (χ4n) is 5.93. The molecule has 280 valence electrons. The molecule has 0 unspecified atom stereocenters. The molecule has 0 aromatic heterocycles. The Morgan fingerprint density at radius 3 is 1.66 bits per heavy atom. The number of ether oxygens (including phenoxy) is 2. The van der Waals surface area contributed by atoms with E-state index in [1.807, 2.05) is 0 Å². The molecule has 14 heteroatoms. The minimum atomic E-state index is -0.374. The summed E-state index contributed by atoms with van der Waals surface area (Å²) in [5.41, 5.74) is 8.42. The van der Waals surface area contributed by atoms with Crippen molar-refractivity contribution in [1.82, 2.24) is 5.32 Å². The number of carbonyl (C=O) groups is 3. The molecule has 6 rings (SSSR count). The van der Waals surface area contributed by atoms with E-state index in [1.54, 1.807) is 72.8 Å². The van der Waals surface area contributed by atoms with Crippen molar-refractivity contribution in [3.63, 3.8) is 0 Å². The van der Waals surface area contributed by atoms with E-state index in [4.69, 9.17) is 61.6 Å². The molecule has 1 saturated heterocycles. The van der Waals surface area contributed by atoms with E-state index in [0.717, 1.165) is 51.6 Å². The van der Waals surface area contributed by atoms with Gasteiger partial charge in [0.05, 0.1) is 38.7 Å². The van der Waals surface area contributed by atoms with Gasteiger partial charge in [0.1, 0.15) is 17.6 Å². The van der Waals surface area contributed by atoms with Crippen molar-refractivity contribution >= 4 is 86.9 Å². The molecule has 2 fully saturated rings. The number of amides is 3. The number of rotatable bonds is 9. The highest BCUT2D eigenvalue weighted by molar-refractivity contribution is 6.35. The summed E-state index contributed by atoms with van der Waals surface area (Å²) in [4.78, 5) is 36.7. The first-order valence-corrected chi connectivity index (χ1v) is 18.8. The number of piperidine rings is 1. The van der Waals surface area contributed by atoms with Crippen molar-refractivity contribution in [3.8, 4) is 11.5 Å². The van der Waals surface area contributed by atoms with Gasteiger partial charge >= 0.3 is 0 Å². The zero-order valence-corrected chi connectivity index (χ0v) is 32.1. The van der Waals surface area contributed by atoms with E-state index >= 15 is 0 Å². The number of halogens is 4. The zero-order valence-electron chi connectivity index (χ0n) is 29.1. The minimum Gasteiger partial charge on any atom is -0.490 e. The molecule has 4 aromatic carbocycles. The smallest absolute Gasteiger partial charge is 0.259 e. The van der Waals surface area contributed by atoms with Crippen molar-refractivity contribution in [3.05, 3.63) is 104 Å². The number of anilines is 4. The third-order valence-corrected chi connectivity index (χ3v) is 9.67. The second kappa shape index (κ2) is 19.2. The maximum atomic E-state index is 12.9. The van der Waals surface area contributed by atoms with Crippen LogP contribution in [0.4, 0.5) is 22.7 Å². The molecule has 10 nitrogen and oxygen atoms in total. The molecule has 6 N–H and O–H groups in total. The standard InChI is InChI=1S/C20H21Cl2N3O3.C19H20Cl2N2O2/c1-12(26)24-14-3-4-18(17(22)11-14)25-20(27)16-10-13(21)2-5-19(16)28-15-6-8-23-9-7-15;20-12-6-9-18(25-14-4-2-1-3-5-14)15(10-12)19(24)23-17-8-7-13(22)11-16(17)21/h2-5,10-11,15,23H,6-9H2,1H3,(H,24,26)(H,25,27);6-11,14H,1-5,22H2,(H,23,24). The van der Waals surface area contributed by atoms with Crippen LogP contribution in [0.15, 0.2) is 72.8 Å². The third kappa shape index (κ3) is 11.9. The largest absolute Gasteiger partial charge is 0.490 e. The first-order chi connectivity index (χ1) is 25.4. The zero-order chi connectivity index (χ0) is 37.9. The van der Waals surface area contributed by atoms with Gasteiger partial charge in [-0.1, -0.05) is 52.8 Å². The van der Waals surface area contributed by atoms with Gasteiger partial charge in [0.25, 0.3) is 11.8 Å². The SMILES string of the molecule is CC(=O)Nc1ccc(NC(=O)c2cc(Cl)ccc2OC2CCNCC2)c(Cl)c1.Nc1ccc(NC(=O)c2cc(Cl)ccc2OC2CCCCC2)c(Cl)c1. The Labute approximate surface area is 329 Å². The van der Waals surface area contributed by atoms with Crippen molar-refractivity contribution in [1.29, 1.82) is 0 Å². The first-order valence-electron chi connectivity index (χ1n) is 17.3. The Morgan fingerprint density at radius 1 is 0.642 bits per heavy atom. The van der Waals surface area contributed by atoms with Crippen LogP contribution >= 0.6 is 46.4 Å². The lowest BCUT2D eigenvalue weighted by Crippen LogP contribution is -2.34. The number of carbonyl (C=O) groups excluding carboxylic acids is 3. The van der Waals surface area contributed by atoms with Crippen LogP contribution in [-0.4, -0.2) is 43.0 Å². The van der Waals surface area contributed by atoms with Crippen LogP contribution < -0.4 is 36.5 Å². The number of hydrogen-bond acceptors (Lipinski definition) is 7. The van der Waals surface area contributed by atoms with Crippen molar-refractivity contribution in [2.45, 2.75) is 64.1 Å². The predicted molar refractivity (Wildman–Crippen MR) is 214 cm³/mol. The molecular weight excluding hydrogens is 760 g/mol. The number of nitrogens with one attached hydrogen (secondary N) is 4. The Hall–Kier alpha value is -4.19. The second-order valence-electron chi connectivity index (χ2n) is 12.7. The van der Waals surface area contributed by atoms with Crippen molar-refractivity contribution in [2.75, 3.05) is 34.8 Å². The van der Waals surface area contributed by atoms with Crippen LogP contribution in [0.1, 0.15) is 72.6 Å². The second-order valence-corrected chi connectivity index (χ2v) is 14.4. The molecule has 1 aliphatic carbocycles.